The molecule has 0 spiro atoms. The van der Waals surface area contributed by atoms with E-state index in [4.69, 9.17) is 4.74 Å². The standard InChI is InChI=1S/C13H17NO2/c1-9(2)8-14-13(15)11-4-3-5-12-10(11)6-7-16-12/h3-5,9H,6-8H2,1-2H3,(H,14,15). The Balaban J connectivity index is 2.15. The number of hydrogen-bond donors (Lipinski definition) is 1. The van der Waals surface area contributed by atoms with Crippen LogP contribution in [0.5, 0.6) is 5.75 Å². The Hall–Kier alpha value is -1.51. The first-order valence-corrected chi connectivity index (χ1v) is 5.71. The zero-order chi connectivity index (χ0) is 11.5. The quantitative estimate of drug-likeness (QED) is 0.844. The third kappa shape index (κ3) is 2.18. The van der Waals surface area contributed by atoms with Gasteiger partial charge in [0.2, 0.25) is 0 Å². The van der Waals surface area contributed by atoms with Gasteiger partial charge in [-0.3, -0.25) is 4.79 Å². The molecule has 86 valence electrons. The van der Waals surface area contributed by atoms with Crippen LogP contribution in [0, 0.1) is 5.92 Å². The molecule has 0 unspecified atom stereocenters. The minimum absolute atomic E-state index is 0.0102. The molecule has 16 heavy (non-hydrogen) atoms. The Morgan fingerprint density at radius 3 is 3.06 bits per heavy atom. The fraction of sp³-hybridized carbons (Fsp3) is 0.462. The largest absolute Gasteiger partial charge is 0.493 e. The topological polar surface area (TPSA) is 38.3 Å². The predicted molar refractivity (Wildman–Crippen MR) is 62.8 cm³/mol. The summed E-state index contributed by atoms with van der Waals surface area (Å²) in [5.74, 6) is 1.34. The lowest BCUT2D eigenvalue weighted by Crippen LogP contribution is -2.28. The maximum Gasteiger partial charge on any atom is 0.251 e. The van der Waals surface area contributed by atoms with E-state index in [0.717, 1.165) is 23.3 Å². The van der Waals surface area contributed by atoms with E-state index >= 15 is 0 Å². The van der Waals surface area contributed by atoms with E-state index in [1.165, 1.54) is 0 Å². The van der Waals surface area contributed by atoms with Gasteiger partial charge in [0.25, 0.3) is 5.91 Å². The molecule has 1 heterocycles. The van der Waals surface area contributed by atoms with Gasteiger partial charge in [0, 0.05) is 24.1 Å². The molecular formula is C13H17NO2. The monoisotopic (exact) mass is 219 g/mol. The molecule has 3 nitrogen and oxygen atoms in total. The average molecular weight is 219 g/mol. The number of hydrogen-bond acceptors (Lipinski definition) is 2. The summed E-state index contributed by atoms with van der Waals surface area (Å²) in [6.07, 6.45) is 0.834. The summed E-state index contributed by atoms with van der Waals surface area (Å²) in [5, 5.41) is 2.93. The number of benzene rings is 1. The van der Waals surface area contributed by atoms with Gasteiger partial charge in [-0.05, 0) is 18.1 Å². The van der Waals surface area contributed by atoms with Gasteiger partial charge in [0.05, 0.1) is 6.61 Å². The van der Waals surface area contributed by atoms with E-state index in [0.29, 0.717) is 19.1 Å². The van der Waals surface area contributed by atoms with Crippen LogP contribution in [0.3, 0.4) is 0 Å². The lowest BCUT2D eigenvalue weighted by molar-refractivity contribution is 0.0948. The molecule has 1 aliphatic heterocycles. The second-order valence-electron chi connectivity index (χ2n) is 4.48. The van der Waals surface area contributed by atoms with Crippen LogP contribution in [-0.4, -0.2) is 19.1 Å². The second kappa shape index (κ2) is 4.56. The van der Waals surface area contributed by atoms with Crippen LogP contribution < -0.4 is 10.1 Å². The molecule has 2 rings (SSSR count). The smallest absolute Gasteiger partial charge is 0.251 e. The molecule has 0 atom stereocenters. The predicted octanol–water partition coefficient (Wildman–Crippen LogP) is 2.01. The molecule has 1 amide bonds. The van der Waals surface area contributed by atoms with Crippen molar-refractivity contribution >= 4 is 5.91 Å². The maximum absolute atomic E-state index is 11.9. The molecule has 0 aliphatic carbocycles. The normalized spacial score (nSPS) is 13.4. The molecule has 0 saturated heterocycles. The van der Waals surface area contributed by atoms with Gasteiger partial charge in [-0.2, -0.15) is 0 Å². The summed E-state index contributed by atoms with van der Waals surface area (Å²) in [7, 11) is 0. The van der Waals surface area contributed by atoms with E-state index in [9.17, 15) is 4.79 Å². The van der Waals surface area contributed by atoms with Crippen LogP contribution in [-0.2, 0) is 6.42 Å². The number of fused-ring (bicyclic) bond motifs is 1. The molecular weight excluding hydrogens is 202 g/mol. The molecule has 0 bridgehead atoms. The SMILES string of the molecule is CC(C)CNC(=O)c1cccc2c1CCO2. The molecule has 1 aliphatic rings. The summed E-state index contributed by atoms with van der Waals surface area (Å²) in [6.45, 7) is 5.56. The van der Waals surface area contributed by atoms with Crippen LogP contribution in [0.1, 0.15) is 29.8 Å². The van der Waals surface area contributed by atoms with Gasteiger partial charge < -0.3 is 10.1 Å². The lowest BCUT2D eigenvalue weighted by Gasteiger charge is -2.09. The molecule has 1 N–H and O–H groups in total. The van der Waals surface area contributed by atoms with Crippen LogP contribution in [0.2, 0.25) is 0 Å². The van der Waals surface area contributed by atoms with Crippen molar-refractivity contribution in [2.24, 2.45) is 5.92 Å². The van der Waals surface area contributed by atoms with Crippen LogP contribution in [0.4, 0.5) is 0 Å². The minimum atomic E-state index is 0.0102. The molecule has 1 aromatic carbocycles. The second-order valence-corrected chi connectivity index (χ2v) is 4.48. The number of amides is 1. The third-order valence-corrected chi connectivity index (χ3v) is 2.66. The molecule has 0 aromatic heterocycles. The lowest BCUT2D eigenvalue weighted by atomic mass is 10.0. The highest BCUT2D eigenvalue weighted by Crippen LogP contribution is 2.27. The van der Waals surface area contributed by atoms with E-state index < -0.39 is 0 Å². The van der Waals surface area contributed by atoms with Crippen molar-refractivity contribution in [2.45, 2.75) is 20.3 Å². The van der Waals surface area contributed by atoms with Crippen molar-refractivity contribution < 1.29 is 9.53 Å². The van der Waals surface area contributed by atoms with Gasteiger partial charge in [-0.15, -0.1) is 0 Å². The summed E-state index contributed by atoms with van der Waals surface area (Å²) < 4.78 is 5.43. The van der Waals surface area contributed by atoms with Crippen molar-refractivity contribution in [1.82, 2.24) is 5.32 Å². The number of ether oxygens (including phenoxy) is 1. The van der Waals surface area contributed by atoms with E-state index in [1.54, 1.807) is 0 Å². The first-order valence-electron chi connectivity index (χ1n) is 5.71. The highest BCUT2D eigenvalue weighted by molar-refractivity contribution is 5.96. The van der Waals surface area contributed by atoms with Gasteiger partial charge in [0.15, 0.2) is 0 Å². The number of carbonyl (C=O) groups excluding carboxylic acids is 1. The number of nitrogens with one attached hydrogen (secondary N) is 1. The molecule has 0 fully saturated rings. The van der Waals surface area contributed by atoms with Crippen LogP contribution >= 0.6 is 0 Å². The zero-order valence-corrected chi connectivity index (χ0v) is 9.75. The summed E-state index contributed by atoms with van der Waals surface area (Å²) >= 11 is 0. The summed E-state index contributed by atoms with van der Waals surface area (Å²) in [4.78, 5) is 11.9. The summed E-state index contributed by atoms with van der Waals surface area (Å²) in [6, 6.07) is 5.65. The number of carbonyl (C=O) groups is 1. The van der Waals surface area contributed by atoms with Crippen molar-refractivity contribution in [3.8, 4) is 5.75 Å². The van der Waals surface area contributed by atoms with Crippen molar-refractivity contribution in [1.29, 1.82) is 0 Å². The fourth-order valence-electron chi connectivity index (χ4n) is 1.83. The van der Waals surface area contributed by atoms with Crippen LogP contribution in [0.15, 0.2) is 18.2 Å². The first kappa shape index (κ1) is 11.0. The highest BCUT2D eigenvalue weighted by atomic mass is 16.5. The van der Waals surface area contributed by atoms with E-state index in [2.05, 4.69) is 19.2 Å². The number of rotatable bonds is 3. The van der Waals surface area contributed by atoms with Gasteiger partial charge in [0.1, 0.15) is 5.75 Å². The first-order chi connectivity index (χ1) is 7.68. The van der Waals surface area contributed by atoms with E-state index in [1.807, 2.05) is 18.2 Å². The Morgan fingerprint density at radius 2 is 2.31 bits per heavy atom. The fourth-order valence-corrected chi connectivity index (χ4v) is 1.83. The van der Waals surface area contributed by atoms with Crippen molar-refractivity contribution in [3.63, 3.8) is 0 Å². The van der Waals surface area contributed by atoms with Gasteiger partial charge in [-0.1, -0.05) is 19.9 Å². The van der Waals surface area contributed by atoms with Crippen molar-refractivity contribution in [3.05, 3.63) is 29.3 Å². The minimum Gasteiger partial charge on any atom is -0.493 e. The molecule has 0 radical (unpaired) electrons. The summed E-state index contributed by atoms with van der Waals surface area (Å²) in [5.41, 5.74) is 1.81. The van der Waals surface area contributed by atoms with E-state index in [-0.39, 0.29) is 5.91 Å². The molecule has 3 heteroatoms. The van der Waals surface area contributed by atoms with Gasteiger partial charge in [-0.25, -0.2) is 0 Å². The van der Waals surface area contributed by atoms with Gasteiger partial charge >= 0.3 is 0 Å². The highest BCUT2D eigenvalue weighted by Gasteiger charge is 2.19. The zero-order valence-electron chi connectivity index (χ0n) is 9.75. The average Bonchev–Trinajstić information content (AvgIpc) is 2.73. The Bertz CT molecular complexity index is 399. The third-order valence-electron chi connectivity index (χ3n) is 2.66. The molecule has 0 saturated carbocycles. The Morgan fingerprint density at radius 1 is 1.50 bits per heavy atom. The Labute approximate surface area is 95.8 Å². The Kier molecular flexibility index (Phi) is 3.13. The van der Waals surface area contributed by atoms with Crippen LogP contribution in [0.25, 0.3) is 0 Å². The molecule has 1 aromatic rings. The van der Waals surface area contributed by atoms with Crippen molar-refractivity contribution in [2.75, 3.05) is 13.2 Å². The maximum atomic E-state index is 11.9.